The lowest BCUT2D eigenvalue weighted by molar-refractivity contribution is -0.142. The van der Waals surface area contributed by atoms with Crippen LogP contribution in [0.5, 0.6) is 0 Å². The van der Waals surface area contributed by atoms with Gasteiger partial charge >= 0.3 is 12.1 Å². The van der Waals surface area contributed by atoms with Crippen molar-refractivity contribution in [2.45, 2.75) is 32.7 Å². The first-order valence-corrected chi connectivity index (χ1v) is 10.6. The second-order valence-corrected chi connectivity index (χ2v) is 8.13. The highest BCUT2D eigenvalue weighted by Gasteiger charge is 2.29. The Labute approximate surface area is 187 Å². The molecule has 3 N–H and O–H groups in total. The van der Waals surface area contributed by atoms with Crippen LogP contribution in [0.2, 0.25) is 0 Å². The number of carboxylic acids is 1. The van der Waals surface area contributed by atoms with Gasteiger partial charge in [0, 0.05) is 18.0 Å². The molecular weight excluding hydrogens is 408 g/mol. The van der Waals surface area contributed by atoms with Crippen LogP contribution in [-0.2, 0) is 14.3 Å². The summed E-state index contributed by atoms with van der Waals surface area (Å²) in [6.07, 6.45) is 0.942. The maximum atomic E-state index is 12.2. The van der Waals surface area contributed by atoms with E-state index in [-0.39, 0.29) is 25.0 Å². The van der Waals surface area contributed by atoms with E-state index in [1.165, 1.54) is 6.08 Å². The summed E-state index contributed by atoms with van der Waals surface area (Å²) in [5.41, 5.74) is 4.89. The van der Waals surface area contributed by atoms with Crippen LogP contribution in [0.4, 0.5) is 4.79 Å². The summed E-state index contributed by atoms with van der Waals surface area (Å²) in [6.45, 7) is 5.30. The fourth-order valence-corrected chi connectivity index (χ4v) is 3.80. The number of fused-ring (bicyclic) bond motifs is 3. The van der Waals surface area contributed by atoms with E-state index in [0.29, 0.717) is 5.57 Å². The highest BCUT2D eigenvalue weighted by Crippen LogP contribution is 2.44. The summed E-state index contributed by atoms with van der Waals surface area (Å²) in [4.78, 5) is 35.6. The van der Waals surface area contributed by atoms with Gasteiger partial charge in [0.15, 0.2) is 0 Å². The minimum atomic E-state index is -1.09. The molecule has 3 rings (SSSR count). The number of benzene rings is 2. The maximum Gasteiger partial charge on any atom is 0.407 e. The zero-order valence-electron chi connectivity index (χ0n) is 18.4. The smallest absolute Gasteiger partial charge is 0.407 e. The van der Waals surface area contributed by atoms with Gasteiger partial charge in [-0.25, -0.2) is 9.59 Å². The second kappa shape index (κ2) is 10.1. The molecule has 0 aromatic heterocycles. The van der Waals surface area contributed by atoms with Crippen molar-refractivity contribution >= 4 is 18.0 Å². The van der Waals surface area contributed by atoms with Gasteiger partial charge in [0.2, 0.25) is 5.91 Å². The third-order valence-electron chi connectivity index (χ3n) is 5.58. The third kappa shape index (κ3) is 5.17. The molecule has 2 amide bonds. The standard InChI is InChI=1S/C25H28N2O5/c1-15(2)22(24(29)30)27-23(28)16(3)12-13-26-25(31)32-14-21-19-10-6-4-8-17(19)18-9-5-7-11-20(18)21/h4-12,15,21-22H,13-14H2,1-3H3,(H,26,31)(H,27,28)(H,29,30)/b16-12+. The molecule has 0 fully saturated rings. The zero-order chi connectivity index (χ0) is 23.3. The molecule has 168 valence electrons. The molecule has 1 aliphatic carbocycles. The van der Waals surface area contributed by atoms with E-state index in [2.05, 4.69) is 22.8 Å². The minimum absolute atomic E-state index is 0.0276. The Morgan fingerprint density at radius 3 is 2.12 bits per heavy atom. The van der Waals surface area contributed by atoms with Gasteiger partial charge in [-0.3, -0.25) is 4.79 Å². The predicted molar refractivity (Wildman–Crippen MR) is 121 cm³/mol. The van der Waals surface area contributed by atoms with Crippen LogP contribution < -0.4 is 10.6 Å². The molecule has 32 heavy (non-hydrogen) atoms. The summed E-state index contributed by atoms with van der Waals surface area (Å²) in [6, 6.07) is 15.2. The van der Waals surface area contributed by atoms with Crippen molar-refractivity contribution in [1.82, 2.24) is 10.6 Å². The van der Waals surface area contributed by atoms with Crippen molar-refractivity contribution in [2.24, 2.45) is 5.92 Å². The van der Waals surface area contributed by atoms with Crippen molar-refractivity contribution in [3.05, 3.63) is 71.3 Å². The van der Waals surface area contributed by atoms with E-state index in [0.717, 1.165) is 22.3 Å². The van der Waals surface area contributed by atoms with E-state index in [4.69, 9.17) is 4.74 Å². The average Bonchev–Trinajstić information content (AvgIpc) is 3.09. The largest absolute Gasteiger partial charge is 0.480 e. The van der Waals surface area contributed by atoms with Gasteiger partial charge in [-0.1, -0.05) is 68.5 Å². The number of hydrogen-bond donors (Lipinski definition) is 3. The molecule has 0 spiro atoms. The molecule has 1 atom stereocenters. The van der Waals surface area contributed by atoms with Crippen molar-refractivity contribution in [1.29, 1.82) is 0 Å². The van der Waals surface area contributed by atoms with Crippen molar-refractivity contribution < 1.29 is 24.2 Å². The van der Waals surface area contributed by atoms with E-state index in [1.54, 1.807) is 20.8 Å². The van der Waals surface area contributed by atoms with Gasteiger partial charge in [-0.05, 0) is 35.1 Å². The van der Waals surface area contributed by atoms with Crippen molar-refractivity contribution in [3.8, 4) is 11.1 Å². The number of carbonyl (C=O) groups is 3. The lowest BCUT2D eigenvalue weighted by Crippen LogP contribution is -2.44. The van der Waals surface area contributed by atoms with Crippen LogP contribution >= 0.6 is 0 Å². The van der Waals surface area contributed by atoms with Crippen LogP contribution in [0.25, 0.3) is 11.1 Å². The molecule has 7 heteroatoms. The molecule has 0 heterocycles. The summed E-state index contributed by atoms with van der Waals surface area (Å²) >= 11 is 0. The Morgan fingerprint density at radius 2 is 1.59 bits per heavy atom. The normalized spacial score (nSPS) is 13.8. The molecule has 7 nitrogen and oxygen atoms in total. The average molecular weight is 437 g/mol. The lowest BCUT2D eigenvalue weighted by atomic mass is 9.98. The van der Waals surface area contributed by atoms with E-state index < -0.39 is 24.0 Å². The van der Waals surface area contributed by atoms with Crippen LogP contribution in [0, 0.1) is 5.92 Å². The quantitative estimate of drug-likeness (QED) is 0.548. The van der Waals surface area contributed by atoms with Gasteiger partial charge in [-0.2, -0.15) is 0 Å². The topological polar surface area (TPSA) is 105 Å². The number of carbonyl (C=O) groups excluding carboxylic acids is 2. The molecule has 1 unspecified atom stereocenters. The third-order valence-corrected chi connectivity index (χ3v) is 5.58. The van der Waals surface area contributed by atoms with Crippen LogP contribution in [0.3, 0.4) is 0 Å². The molecule has 0 saturated heterocycles. The molecule has 0 radical (unpaired) electrons. The first kappa shape index (κ1) is 23.1. The van der Waals surface area contributed by atoms with Crippen LogP contribution in [0.15, 0.2) is 60.2 Å². The highest BCUT2D eigenvalue weighted by atomic mass is 16.5. The SMILES string of the molecule is C/C(=C\CNC(=O)OCC1c2ccccc2-c2ccccc21)C(=O)NC(C(=O)O)C(C)C. The van der Waals surface area contributed by atoms with E-state index >= 15 is 0 Å². The maximum absolute atomic E-state index is 12.2. The summed E-state index contributed by atoms with van der Waals surface area (Å²) in [5, 5.41) is 14.3. The Morgan fingerprint density at radius 1 is 1.03 bits per heavy atom. The number of amides is 2. The molecule has 2 aromatic carbocycles. The fourth-order valence-electron chi connectivity index (χ4n) is 3.80. The number of rotatable bonds is 8. The van der Waals surface area contributed by atoms with Gasteiger partial charge in [-0.15, -0.1) is 0 Å². The molecule has 0 bridgehead atoms. The Hall–Kier alpha value is -3.61. The molecular formula is C25H28N2O5. The first-order chi connectivity index (χ1) is 15.3. The number of carboxylic acid groups (broad SMARTS) is 1. The van der Waals surface area contributed by atoms with Crippen LogP contribution in [0.1, 0.15) is 37.8 Å². The number of ether oxygens (including phenoxy) is 1. The van der Waals surface area contributed by atoms with Gasteiger partial charge in [0.25, 0.3) is 0 Å². The number of hydrogen-bond acceptors (Lipinski definition) is 4. The zero-order valence-corrected chi connectivity index (χ0v) is 18.4. The predicted octanol–water partition coefficient (Wildman–Crippen LogP) is 3.70. The number of alkyl carbamates (subject to hydrolysis) is 1. The Bertz CT molecular complexity index is 999. The van der Waals surface area contributed by atoms with E-state index in [9.17, 15) is 19.5 Å². The summed E-state index contributed by atoms with van der Waals surface area (Å²) in [7, 11) is 0. The van der Waals surface area contributed by atoms with Crippen molar-refractivity contribution in [3.63, 3.8) is 0 Å². The second-order valence-electron chi connectivity index (χ2n) is 8.13. The molecule has 2 aromatic rings. The van der Waals surface area contributed by atoms with Gasteiger partial charge < -0.3 is 20.5 Å². The highest BCUT2D eigenvalue weighted by molar-refractivity contribution is 5.95. The summed E-state index contributed by atoms with van der Waals surface area (Å²) in [5.74, 6) is -1.85. The monoisotopic (exact) mass is 436 g/mol. The van der Waals surface area contributed by atoms with Crippen LogP contribution in [-0.4, -0.2) is 42.3 Å². The van der Waals surface area contributed by atoms with E-state index in [1.807, 2.05) is 36.4 Å². The first-order valence-electron chi connectivity index (χ1n) is 10.6. The lowest BCUT2D eigenvalue weighted by Gasteiger charge is -2.18. The fraction of sp³-hybridized carbons (Fsp3) is 0.320. The number of nitrogens with one attached hydrogen (secondary N) is 2. The Balaban J connectivity index is 1.53. The molecule has 0 aliphatic heterocycles. The Kier molecular flexibility index (Phi) is 7.30. The van der Waals surface area contributed by atoms with Gasteiger partial charge in [0.05, 0.1) is 0 Å². The van der Waals surface area contributed by atoms with Crippen molar-refractivity contribution in [2.75, 3.05) is 13.2 Å². The number of aliphatic carboxylic acids is 1. The summed E-state index contributed by atoms with van der Waals surface area (Å²) < 4.78 is 5.45. The van der Waals surface area contributed by atoms with Gasteiger partial charge in [0.1, 0.15) is 12.6 Å². The molecule has 0 saturated carbocycles. The minimum Gasteiger partial charge on any atom is -0.480 e. The molecule has 1 aliphatic rings.